The number of para-hydroxylation sites is 1. The molecule has 218 valence electrons. The number of hydrogen-bond acceptors (Lipinski definition) is 12. The summed E-state index contributed by atoms with van der Waals surface area (Å²) in [6.07, 6.45) is -0.465. The smallest absolute Gasteiger partial charge is 0.404 e. The summed E-state index contributed by atoms with van der Waals surface area (Å²) in [5.74, 6) is 0.187. The molecule has 3 rings (SSSR count). The molecule has 0 aliphatic carbocycles. The number of nitrogens with zero attached hydrogens (tertiary/aromatic N) is 4. The average Bonchev–Trinajstić information content (AvgIpc) is 3.34. The monoisotopic (exact) mass is 599 g/mol. The van der Waals surface area contributed by atoms with E-state index in [0.717, 1.165) is 16.3 Å². The van der Waals surface area contributed by atoms with Crippen molar-refractivity contribution in [3.05, 3.63) is 73.4 Å². The number of aromatic nitrogens is 2. The van der Waals surface area contributed by atoms with Crippen molar-refractivity contribution < 1.29 is 37.9 Å². The number of thioether (sulfide) groups is 1. The highest BCUT2D eigenvalue weighted by Gasteiger charge is 2.40. The van der Waals surface area contributed by atoms with E-state index >= 15 is 0 Å². The minimum absolute atomic E-state index is 0.0117. The Morgan fingerprint density at radius 2 is 2.00 bits per heavy atom. The van der Waals surface area contributed by atoms with Crippen molar-refractivity contribution in [1.29, 1.82) is 0 Å². The van der Waals surface area contributed by atoms with E-state index in [9.17, 15) is 29.2 Å². The summed E-state index contributed by atoms with van der Waals surface area (Å²) in [5.41, 5.74) is 6.69. The minimum atomic E-state index is -4.32. The van der Waals surface area contributed by atoms with Crippen LogP contribution in [0.4, 0.5) is 0 Å². The number of phosphoric ester groups is 1. The molecule has 0 amide bonds. The van der Waals surface area contributed by atoms with Gasteiger partial charge in [0, 0.05) is 28.8 Å². The van der Waals surface area contributed by atoms with E-state index in [1.165, 1.54) is 32.2 Å². The molecule has 2 aromatic rings. The van der Waals surface area contributed by atoms with Gasteiger partial charge in [-0.3, -0.25) is 28.2 Å². The van der Waals surface area contributed by atoms with Crippen molar-refractivity contribution in [2.75, 3.05) is 32.2 Å². The van der Waals surface area contributed by atoms with Crippen LogP contribution in [0.5, 0.6) is 5.75 Å². The van der Waals surface area contributed by atoms with Gasteiger partial charge in [-0.25, -0.2) is 9.36 Å². The molecule has 1 unspecified atom stereocenters. The van der Waals surface area contributed by atoms with Crippen molar-refractivity contribution >= 4 is 24.7 Å². The molecular weight excluding hydrogens is 569 g/mol. The molecule has 4 atom stereocenters. The van der Waals surface area contributed by atoms with Crippen molar-refractivity contribution in [3.8, 4) is 5.75 Å². The number of hydrogen-bond donors (Lipinski definition) is 3. The fraction of sp³-hybridized carbons (Fsp3) is 0.522. The number of aliphatic hydroxyl groups is 2. The van der Waals surface area contributed by atoms with Crippen LogP contribution in [0.3, 0.4) is 0 Å². The lowest BCUT2D eigenvalue weighted by atomic mass is 9.95. The molecule has 0 saturated carbocycles. The lowest BCUT2D eigenvalue weighted by Gasteiger charge is -2.23. The lowest BCUT2D eigenvalue weighted by Crippen LogP contribution is -2.34. The maximum atomic E-state index is 13.6. The van der Waals surface area contributed by atoms with E-state index in [1.807, 2.05) is 0 Å². The van der Waals surface area contributed by atoms with Crippen molar-refractivity contribution in [3.63, 3.8) is 0 Å². The van der Waals surface area contributed by atoms with Crippen LogP contribution in [0.1, 0.15) is 25.1 Å². The first-order valence-corrected chi connectivity index (χ1v) is 14.5. The van der Waals surface area contributed by atoms with Gasteiger partial charge in [0.05, 0.1) is 44.0 Å². The van der Waals surface area contributed by atoms with Crippen LogP contribution < -0.4 is 15.8 Å². The quantitative estimate of drug-likeness (QED) is 0.0941. The highest BCUT2D eigenvalue weighted by atomic mass is 32.2. The normalized spacial score (nSPS) is 20.4. The van der Waals surface area contributed by atoms with Gasteiger partial charge in [-0.2, -0.15) is 0 Å². The van der Waals surface area contributed by atoms with Gasteiger partial charge in [-0.1, -0.05) is 35.1 Å². The number of phosphoric acid groups is 1. The molecule has 40 heavy (non-hydrogen) atoms. The first-order chi connectivity index (χ1) is 19.0. The summed E-state index contributed by atoms with van der Waals surface area (Å²) < 4.78 is 37.1. The van der Waals surface area contributed by atoms with E-state index in [0.29, 0.717) is 0 Å². The van der Waals surface area contributed by atoms with Crippen LogP contribution in [0.2, 0.25) is 0 Å². The van der Waals surface area contributed by atoms with Gasteiger partial charge in [-0.05, 0) is 31.5 Å². The van der Waals surface area contributed by atoms with E-state index in [-0.39, 0.29) is 30.1 Å². The number of azide groups is 1. The molecule has 0 radical (unpaired) electrons. The van der Waals surface area contributed by atoms with Crippen LogP contribution in [-0.4, -0.2) is 69.2 Å². The molecule has 15 nitrogen and oxygen atoms in total. The fourth-order valence-electron chi connectivity index (χ4n) is 3.53. The fourth-order valence-corrected chi connectivity index (χ4v) is 5.68. The third-order valence-electron chi connectivity index (χ3n) is 5.97. The number of aromatic amines is 1. The second kappa shape index (κ2) is 14.1. The maximum absolute atomic E-state index is 13.6. The number of rotatable bonds is 14. The van der Waals surface area contributed by atoms with Gasteiger partial charge in [0.1, 0.15) is 12.0 Å². The molecule has 1 aliphatic rings. The van der Waals surface area contributed by atoms with Gasteiger partial charge in [0.2, 0.25) is 0 Å². The number of ether oxygens (including phenoxy) is 1. The Bertz CT molecular complexity index is 1380. The molecule has 0 spiro atoms. The summed E-state index contributed by atoms with van der Waals surface area (Å²) in [7, 11) is -4.32. The van der Waals surface area contributed by atoms with Crippen LogP contribution in [0, 0.1) is 12.3 Å². The average molecular weight is 600 g/mol. The second-order valence-electron chi connectivity index (χ2n) is 9.11. The van der Waals surface area contributed by atoms with Crippen molar-refractivity contribution in [1.82, 2.24) is 9.55 Å². The largest absolute Gasteiger partial charge is 0.530 e. The SMILES string of the molecule is Cc1cn([C@H]2C[C@H](N=[N+]=[N-])[C@@H](COP(=O)(OCCSC(=O)C(C)(CO)CO)Oc3ccccc3)O2)c(=O)[nH]c1=O. The van der Waals surface area contributed by atoms with Gasteiger partial charge in [0.15, 0.2) is 5.12 Å². The predicted octanol–water partition coefficient (Wildman–Crippen LogP) is 2.28. The number of H-pyrrole nitrogens is 1. The number of carbonyl (C=O) groups is 1. The number of carbonyl (C=O) groups excluding carboxylic acids is 1. The highest BCUT2D eigenvalue weighted by Crippen LogP contribution is 2.50. The van der Waals surface area contributed by atoms with Crippen LogP contribution in [0.25, 0.3) is 10.4 Å². The number of aliphatic hydroxyl groups excluding tert-OH is 2. The van der Waals surface area contributed by atoms with Crippen molar-refractivity contribution in [2.24, 2.45) is 10.5 Å². The Balaban J connectivity index is 1.71. The van der Waals surface area contributed by atoms with Crippen LogP contribution >= 0.6 is 19.6 Å². The Morgan fingerprint density at radius 3 is 2.65 bits per heavy atom. The summed E-state index contributed by atoms with van der Waals surface area (Å²) in [6, 6.07) is 7.25. The van der Waals surface area contributed by atoms with Gasteiger partial charge < -0.3 is 19.5 Å². The molecule has 1 saturated heterocycles. The summed E-state index contributed by atoms with van der Waals surface area (Å²) >= 11 is 0.778. The first-order valence-electron chi connectivity index (χ1n) is 12.1. The van der Waals surface area contributed by atoms with Gasteiger partial charge in [-0.15, -0.1) is 0 Å². The Labute approximate surface area is 232 Å². The molecule has 0 bridgehead atoms. The highest BCUT2D eigenvalue weighted by molar-refractivity contribution is 8.13. The Hall–Kier alpha value is -2.94. The first kappa shape index (κ1) is 31.6. The minimum Gasteiger partial charge on any atom is -0.404 e. The summed E-state index contributed by atoms with van der Waals surface area (Å²) in [4.78, 5) is 41.4. The molecule has 2 heterocycles. The summed E-state index contributed by atoms with van der Waals surface area (Å²) in [6.45, 7) is 1.16. The molecular formula is C23H30N5O10PS. The van der Waals surface area contributed by atoms with Crippen molar-refractivity contribution in [2.45, 2.75) is 38.6 Å². The zero-order valence-electron chi connectivity index (χ0n) is 21.7. The van der Waals surface area contributed by atoms with Gasteiger partial charge in [0.25, 0.3) is 5.56 Å². The standard InChI is InChI=1S/C23H30N5O10PS/c1-15-11-28(22(33)25-20(15)31)19-10-17(26-27-24)18(37-19)12-36-39(34,38-16-6-4-3-5-7-16)35-8-9-40-21(32)23(2,13-29)14-30/h3-7,11,17-19,29-30H,8-10,12-14H2,1-2H3,(H,25,31,33)/t17-,18+,19+,39?/m0/s1. The molecule has 1 aromatic heterocycles. The molecule has 17 heteroatoms. The van der Waals surface area contributed by atoms with E-state index in [4.69, 9.17) is 23.8 Å². The number of nitrogens with one attached hydrogen (secondary N) is 1. The molecule has 1 fully saturated rings. The van der Waals surface area contributed by atoms with E-state index < -0.39 is 67.8 Å². The molecule has 3 N–H and O–H groups in total. The number of aryl methyl sites for hydroxylation is 1. The Kier molecular flexibility index (Phi) is 11.1. The van der Waals surface area contributed by atoms with Crippen LogP contribution in [0.15, 0.2) is 51.2 Å². The second-order valence-corrected chi connectivity index (χ2v) is 11.8. The predicted molar refractivity (Wildman–Crippen MR) is 144 cm³/mol. The van der Waals surface area contributed by atoms with E-state index in [2.05, 4.69) is 15.0 Å². The zero-order chi connectivity index (χ0) is 29.3. The molecule has 1 aliphatic heterocycles. The molecule has 1 aromatic carbocycles. The lowest BCUT2D eigenvalue weighted by molar-refractivity contribution is -0.123. The zero-order valence-corrected chi connectivity index (χ0v) is 23.5. The third-order valence-corrected chi connectivity index (χ3v) is 8.50. The third kappa shape index (κ3) is 8.05. The van der Waals surface area contributed by atoms with Crippen LogP contribution in [-0.2, 0) is 23.1 Å². The summed E-state index contributed by atoms with van der Waals surface area (Å²) in [5, 5.41) is 22.0. The topological polar surface area (TPSA) is 215 Å². The maximum Gasteiger partial charge on any atom is 0.530 e. The number of benzene rings is 1. The van der Waals surface area contributed by atoms with Gasteiger partial charge >= 0.3 is 13.5 Å². The van der Waals surface area contributed by atoms with E-state index in [1.54, 1.807) is 18.2 Å². The Morgan fingerprint density at radius 1 is 1.30 bits per heavy atom.